The van der Waals surface area contributed by atoms with Gasteiger partial charge in [-0.25, -0.2) is 4.98 Å². The van der Waals surface area contributed by atoms with E-state index in [1.54, 1.807) is 30.6 Å². The molecule has 0 unspecified atom stereocenters. The van der Waals surface area contributed by atoms with E-state index < -0.39 is 0 Å². The number of hydrogen-bond acceptors (Lipinski definition) is 5. The molecule has 3 rings (SSSR count). The molecule has 0 fully saturated rings. The summed E-state index contributed by atoms with van der Waals surface area (Å²) in [6, 6.07) is 3.68. The van der Waals surface area contributed by atoms with Gasteiger partial charge in [0, 0.05) is 30.7 Å². The zero-order chi connectivity index (χ0) is 14.7. The van der Waals surface area contributed by atoms with Crippen molar-refractivity contribution in [1.29, 1.82) is 0 Å². The van der Waals surface area contributed by atoms with Gasteiger partial charge in [0.05, 0.1) is 24.6 Å². The maximum absolute atomic E-state index is 12.2. The Morgan fingerprint density at radius 3 is 3.14 bits per heavy atom. The summed E-state index contributed by atoms with van der Waals surface area (Å²) in [5.41, 5.74) is 1.73. The molecule has 0 radical (unpaired) electrons. The molecule has 0 spiro atoms. The zero-order valence-electron chi connectivity index (χ0n) is 11.4. The van der Waals surface area contributed by atoms with Crippen LogP contribution in [0.3, 0.4) is 0 Å². The predicted molar refractivity (Wildman–Crippen MR) is 78.6 cm³/mol. The minimum atomic E-state index is 0.0208. The molecule has 0 atom stereocenters. The van der Waals surface area contributed by atoms with Crippen molar-refractivity contribution in [3.05, 3.63) is 47.4 Å². The summed E-state index contributed by atoms with van der Waals surface area (Å²) in [4.78, 5) is 18.3. The highest BCUT2D eigenvalue weighted by molar-refractivity contribution is 7.13. The van der Waals surface area contributed by atoms with Crippen molar-refractivity contribution in [2.24, 2.45) is 0 Å². The Hall–Kier alpha value is -2.41. The predicted octanol–water partition coefficient (Wildman–Crippen LogP) is 2.33. The normalized spacial score (nSPS) is 10.7. The summed E-state index contributed by atoms with van der Waals surface area (Å²) < 4.78 is 5.30. The van der Waals surface area contributed by atoms with Crippen LogP contribution >= 0.6 is 11.3 Å². The van der Waals surface area contributed by atoms with Gasteiger partial charge in [0.25, 0.3) is 0 Å². The van der Waals surface area contributed by atoms with Gasteiger partial charge in [0.15, 0.2) is 10.8 Å². The van der Waals surface area contributed by atoms with Crippen molar-refractivity contribution in [2.75, 3.05) is 7.05 Å². The molecule has 108 valence electrons. The van der Waals surface area contributed by atoms with Crippen LogP contribution in [-0.2, 0) is 17.8 Å². The number of H-pyrrole nitrogens is 1. The first kappa shape index (κ1) is 13.6. The van der Waals surface area contributed by atoms with Gasteiger partial charge >= 0.3 is 0 Å². The Morgan fingerprint density at radius 2 is 2.43 bits per heavy atom. The molecular formula is C14H14N4O2S. The number of thiazole rings is 1. The van der Waals surface area contributed by atoms with Crippen LogP contribution in [0.15, 0.2) is 40.6 Å². The lowest BCUT2D eigenvalue weighted by atomic mass is 10.2. The van der Waals surface area contributed by atoms with Crippen LogP contribution in [-0.4, -0.2) is 33.0 Å². The molecular weight excluding hydrogens is 288 g/mol. The molecule has 3 aromatic rings. The van der Waals surface area contributed by atoms with Crippen LogP contribution in [0.4, 0.5) is 0 Å². The van der Waals surface area contributed by atoms with E-state index in [1.165, 1.54) is 11.3 Å². The number of hydrogen-bond donors (Lipinski definition) is 1. The fraction of sp³-hybridized carbons (Fsp3) is 0.214. The maximum atomic E-state index is 12.2. The van der Waals surface area contributed by atoms with Gasteiger partial charge in [-0.05, 0) is 12.1 Å². The molecule has 1 N–H and O–H groups in total. The Morgan fingerprint density at radius 1 is 1.52 bits per heavy atom. The number of furan rings is 1. The van der Waals surface area contributed by atoms with Gasteiger partial charge in [-0.2, -0.15) is 5.10 Å². The first-order valence-electron chi connectivity index (χ1n) is 6.42. The van der Waals surface area contributed by atoms with E-state index in [1.807, 2.05) is 17.5 Å². The summed E-state index contributed by atoms with van der Waals surface area (Å²) in [5.74, 6) is 0.748. The third-order valence-electron chi connectivity index (χ3n) is 3.02. The van der Waals surface area contributed by atoms with Crippen LogP contribution in [0.1, 0.15) is 11.3 Å². The zero-order valence-corrected chi connectivity index (χ0v) is 12.3. The monoisotopic (exact) mass is 302 g/mol. The van der Waals surface area contributed by atoms with Crippen molar-refractivity contribution in [1.82, 2.24) is 20.1 Å². The molecule has 3 heterocycles. The van der Waals surface area contributed by atoms with E-state index >= 15 is 0 Å². The van der Waals surface area contributed by atoms with Crippen LogP contribution in [0, 0.1) is 0 Å². The number of carbonyl (C=O) groups is 1. The van der Waals surface area contributed by atoms with Crippen molar-refractivity contribution >= 4 is 17.2 Å². The Kier molecular flexibility index (Phi) is 3.83. The Balaban J connectivity index is 1.62. The molecule has 0 saturated heterocycles. The van der Waals surface area contributed by atoms with Gasteiger partial charge in [0.2, 0.25) is 5.91 Å². The summed E-state index contributed by atoms with van der Waals surface area (Å²) in [6.45, 7) is 0.532. The lowest BCUT2D eigenvalue weighted by Crippen LogP contribution is -2.27. The SMILES string of the molecule is CN(Cc1cn[nH]c1)C(=O)Cc1csc(-c2ccco2)n1. The van der Waals surface area contributed by atoms with Crippen molar-refractivity contribution in [3.63, 3.8) is 0 Å². The van der Waals surface area contributed by atoms with Gasteiger partial charge in [-0.1, -0.05) is 0 Å². The topological polar surface area (TPSA) is 75.0 Å². The third-order valence-corrected chi connectivity index (χ3v) is 3.92. The number of rotatable bonds is 5. The summed E-state index contributed by atoms with van der Waals surface area (Å²) in [7, 11) is 1.77. The second kappa shape index (κ2) is 5.92. The highest BCUT2D eigenvalue weighted by Crippen LogP contribution is 2.24. The number of aromatic amines is 1. The number of nitrogens with zero attached hydrogens (tertiary/aromatic N) is 3. The molecule has 0 aliphatic heterocycles. The molecule has 0 aliphatic rings. The maximum Gasteiger partial charge on any atom is 0.228 e. The van der Waals surface area contributed by atoms with Gasteiger partial charge < -0.3 is 9.32 Å². The largest absolute Gasteiger partial charge is 0.462 e. The van der Waals surface area contributed by atoms with Crippen molar-refractivity contribution in [2.45, 2.75) is 13.0 Å². The van der Waals surface area contributed by atoms with E-state index in [2.05, 4.69) is 15.2 Å². The van der Waals surface area contributed by atoms with E-state index in [0.29, 0.717) is 6.54 Å². The molecule has 6 nitrogen and oxygen atoms in total. The molecule has 0 bridgehead atoms. The van der Waals surface area contributed by atoms with E-state index in [0.717, 1.165) is 22.0 Å². The molecule has 3 aromatic heterocycles. The van der Waals surface area contributed by atoms with E-state index in [-0.39, 0.29) is 12.3 Å². The molecule has 21 heavy (non-hydrogen) atoms. The number of amides is 1. The van der Waals surface area contributed by atoms with Crippen LogP contribution in [0.5, 0.6) is 0 Å². The van der Waals surface area contributed by atoms with Gasteiger partial charge in [-0.3, -0.25) is 9.89 Å². The van der Waals surface area contributed by atoms with Crippen molar-refractivity contribution < 1.29 is 9.21 Å². The number of likely N-dealkylation sites (N-methyl/N-ethyl adjacent to an activating group) is 1. The average molecular weight is 302 g/mol. The summed E-state index contributed by atoms with van der Waals surface area (Å²) >= 11 is 1.48. The second-order valence-electron chi connectivity index (χ2n) is 4.65. The fourth-order valence-electron chi connectivity index (χ4n) is 1.92. The Bertz CT molecular complexity index is 703. The minimum absolute atomic E-state index is 0.0208. The van der Waals surface area contributed by atoms with Crippen LogP contribution in [0.2, 0.25) is 0 Å². The molecule has 1 amide bonds. The highest BCUT2D eigenvalue weighted by Gasteiger charge is 2.14. The number of aromatic nitrogens is 3. The lowest BCUT2D eigenvalue weighted by Gasteiger charge is -2.15. The highest BCUT2D eigenvalue weighted by atomic mass is 32.1. The quantitative estimate of drug-likeness (QED) is 0.785. The van der Waals surface area contributed by atoms with Crippen LogP contribution < -0.4 is 0 Å². The first-order chi connectivity index (χ1) is 10.2. The van der Waals surface area contributed by atoms with E-state index in [9.17, 15) is 4.79 Å². The minimum Gasteiger partial charge on any atom is -0.462 e. The standard InChI is InChI=1S/C14H14N4O2S/c1-18(8-10-6-15-16-7-10)13(19)5-11-9-21-14(17-11)12-3-2-4-20-12/h2-4,6-7,9H,5,8H2,1H3,(H,15,16). The molecule has 0 aromatic carbocycles. The molecule has 0 aliphatic carbocycles. The first-order valence-corrected chi connectivity index (χ1v) is 7.30. The third kappa shape index (κ3) is 3.19. The summed E-state index contributed by atoms with van der Waals surface area (Å²) in [5, 5.41) is 9.28. The van der Waals surface area contributed by atoms with Gasteiger partial charge in [-0.15, -0.1) is 11.3 Å². The fourth-order valence-corrected chi connectivity index (χ4v) is 2.70. The Labute approximate surface area is 125 Å². The number of carbonyl (C=O) groups excluding carboxylic acids is 1. The molecule has 0 saturated carbocycles. The van der Waals surface area contributed by atoms with Crippen molar-refractivity contribution in [3.8, 4) is 10.8 Å². The second-order valence-corrected chi connectivity index (χ2v) is 5.51. The lowest BCUT2D eigenvalue weighted by molar-refractivity contribution is -0.129. The number of nitrogens with one attached hydrogen (secondary N) is 1. The smallest absolute Gasteiger partial charge is 0.228 e. The van der Waals surface area contributed by atoms with Crippen LogP contribution in [0.25, 0.3) is 10.8 Å². The van der Waals surface area contributed by atoms with Gasteiger partial charge in [0.1, 0.15) is 0 Å². The molecule has 7 heteroatoms. The summed E-state index contributed by atoms with van der Waals surface area (Å²) in [6.07, 6.45) is 5.38. The van der Waals surface area contributed by atoms with E-state index in [4.69, 9.17) is 4.42 Å². The average Bonchev–Trinajstić information content (AvgIpc) is 3.20.